The lowest BCUT2D eigenvalue weighted by Gasteiger charge is -2.39. The lowest BCUT2D eigenvalue weighted by atomic mass is 10.2. The first kappa shape index (κ1) is 25.0. The largest absolute Gasteiger partial charge is 0.484 e. The summed E-state index contributed by atoms with van der Waals surface area (Å²) in [6.45, 7) is 7.51. The van der Waals surface area contributed by atoms with Gasteiger partial charge in [-0.3, -0.25) is 0 Å². The number of aromatic nitrogens is 3. The van der Waals surface area contributed by atoms with Crippen LogP contribution in [0.3, 0.4) is 0 Å². The number of hydrogen-bond donors (Lipinski definition) is 0. The van der Waals surface area contributed by atoms with E-state index in [0.29, 0.717) is 43.4 Å². The molecule has 33 heavy (non-hydrogen) atoms. The summed E-state index contributed by atoms with van der Waals surface area (Å²) in [6, 6.07) is 4.06. The van der Waals surface area contributed by atoms with Crippen LogP contribution in [0.2, 0.25) is 0 Å². The van der Waals surface area contributed by atoms with Crippen molar-refractivity contribution in [2.45, 2.75) is 32.2 Å². The Bertz CT molecular complexity index is 837. The number of nitrogens with zero attached hydrogens (tertiary/aromatic N) is 6. The molecule has 0 radical (unpaired) electrons. The van der Waals surface area contributed by atoms with Crippen LogP contribution in [0, 0.1) is 0 Å². The molecule has 182 valence electrons. The van der Waals surface area contributed by atoms with Gasteiger partial charge in [0.05, 0.1) is 6.61 Å². The standard InChI is InChI=1S/C24H38N6O3/c1-20-19-29(4)14-15-30(20)22-24(27-12-11-25-22)33-18-17-31-21-9-8-10-26-23(21)32-16-7-5-6-13-28(2)3/h8-12,20H,5-7,13-19H2,1-4H3. The summed E-state index contributed by atoms with van der Waals surface area (Å²) in [5.41, 5.74) is 0. The number of rotatable bonds is 13. The topological polar surface area (TPSA) is 76.1 Å². The smallest absolute Gasteiger partial charge is 0.257 e. The second-order valence-electron chi connectivity index (χ2n) is 8.71. The number of pyridine rings is 1. The van der Waals surface area contributed by atoms with Gasteiger partial charge in [-0.15, -0.1) is 0 Å². The minimum absolute atomic E-state index is 0.344. The van der Waals surface area contributed by atoms with Crippen LogP contribution in [0.5, 0.6) is 17.5 Å². The lowest BCUT2D eigenvalue weighted by Crippen LogP contribution is -2.51. The monoisotopic (exact) mass is 458 g/mol. The normalized spacial score (nSPS) is 16.8. The number of piperazine rings is 1. The molecule has 3 rings (SSSR count). The fourth-order valence-electron chi connectivity index (χ4n) is 3.83. The average molecular weight is 459 g/mol. The van der Waals surface area contributed by atoms with Gasteiger partial charge in [0.15, 0.2) is 11.6 Å². The predicted molar refractivity (Wildman–Crippen MR) is 129 cm³/mol. The lowest BCUT2D eigenvalue weighted by molar-refractivity contribution is 0.198. The number of hydrogen-bond acceptors (Lipinski definition) is 9. The van der Waals surface area contributed by atoms with E-state index in [-0.39, 0.29) is 0 Å². The molecule has 1 atom stereocenters. The Hall–Kier alpha value is -2.65. The van der Waals surface area contributed by atoms with Crippen LogP contribution >= 0.6 is 0 Å². The molecule has 2 aromatic heterocycles. The van der Waals surface area contributed by atoms with Gasteiger partial charge in [0, 0.05) is 44.3 Å². The highest BCUT2D eigenvalue weighted by molar-refractivity contribution is 5.49. The molecule has 1 unspecified atom stereocenters. The minimum Gasteiger partial charge on any atom is -0.484 e. The van der Waals surface area contributed by atoms with E-state index in [1.165, 1.54) is 0 Å². The quantitative estimate of drug-likeness (QED) is 0.421. The summed E-state index contributed by atoms with van der Waals surface area (Å²) < 4.78 is 17.7. The van der Waals surface area contributed by atoms with E-state index in [1.54, 1.807) is 18.6 Å². The molecular formula is C24H38N6O3. The summed E-state index contributed by atoms with van der Waals surface area (Å²) in [6.07, 6.45) is 8.37. The summed E-state index contributed by atoms with van der Waals surface area (Å²) in [5.74, 6) is 2.48. The third kappa shape index (κ3) is 8.01. The van der Waals surface area contributed by atoms with Crippen molar-refractivity contribution in [3.05, 3.63) is 30.7 Å². The first-order chi connectivity index (χ1) is 16.0. The molecule has 0 aromatic carbocycles. The maximum absolute atomic E-state index is 5.95. The molecule has 1 aliphatic heterocycles. The van der Waals surface area contributed by atoms with Crippen molar-refractivity contribution in [3.63, 3.8) is 0 Å². The van der Waals surface area contributed by atoms with Crippen molar-refractivity contribution >= 4 is 5.82 Å². The van der Waals surface area contributed by atoms with E-state index in [1.807, 2.05) is 12.1 Å². The van der Waals surface area contributed by atoms with Gasteiger partial charge in [0.25, 0.3) is 11.8 Å². The highest BCUT2D eigenvalue weighted by atomic mass is 16.5. The Morgan fingerprint density at radius 3 is 2.48 bits per heavy atom. The van der Waals surface area contributed by atoms with E-state index >= 15 is 0 Å². The summed E-state index contributed by atoms with van der Waals surface area (Å²) in [5, 5.41) is 0. The van der Waals surface area contributed by atoms with Crippen molar-refractivity contribution in [2.75, 3.05) is 72.0 Å². The van der Waals surface area contributed by atoms with Gasteiger partial charge in [-0.2, -0.15) is 0 Å². The van der Waals surface area contributed by atoms with Crippen LogP contribution in [0.15, 0.2) is 30.7 Å². The highest BCUT2D eigenvalue weighted by Gasteiger charge is 2.25. The molecule has 9 heteroatoms. The first-order valence-corrected chi connectivity index (χ1v) is 11.8. The van der Waals surface area contributed by atoms with Crippen LogP contribution in [0.25, 0.3) is 0 Å². The molecule has 0 spiro atoms. The van der Waals surface area contributed by atoms with Gasteiger partial charge in [0.2, 0.25) is 0 Å². The van der Waals surface area contributed by atoms with Gasteiger partial charge in [-0.25, -0.2) is 15.0 Å². The SMILES string of the molecule is CC1CN(C)CCN1c1nccnc1OCCOc1cccnc1OCCCCCN(C)C. The van der Waals surface area contributed by atoms with E-state index < -0.39 is 0 Å². The van der Waals surface area contributed by atoms with Crippen LogP contribution < -0.4 is 19.1 Å². The fraction of sp³-hybridized carbons (Fsp3) is 0.625. The third-order valence-electron chi connectivity index (χ3n) is 5.55. The van der Waals surface area contributed by atoms with Crippen LogP contribution in [0.4, 0.5) is 5.82 Å². The van der Waals surface area contributed by atoms with Crippen molar-refractivity contribution < 1.29 is 14.2 Å². The van der Waals surface area contributed by atoms with E-state index in [9.17, 15) is 0 Å². The number of ether oxygens (including phenoxy) is 3. The van der Waals surface area contributed by atoms with Crippen molar-refractivity contribution in [1.82, 2.24) is 24.8 Å². The molecule has 1 fully saturated rings. The minimum atomic E-state index is 0.344. The molecule has 0 aliphatic carbocycles. The molecule has 0 bridgehead atoms. The van der Waals surface area contributed by atoms with Crippen LogP contribution in [0.1, 0.15) is 26.2 Å². The summed E-state index contributed by atoms with van der Waals surface area (Å²) >= 11 is 0. The van der Waals surface area contributed by atoms with E-state index in [2.05, 4.69) is 57.7 Å². The number of anilines is 1. The highest BCUT2D eigenvalue weighted by Crippen LogP contribution is 2.27. The Labute approximate surface area is 197 Å². The zero-order valence-corrected chi connectivity index (χ0v) is 20.4. The van der Waals surface area contributed by atoms with Gasteiger partial charge in [0.1, 0.15) is 13.2 Å². The zero-order chi connectivity index (χ0) is 23.5. The molecule has 3 heterocycles. The van der Waals surface area contributed by atoms with Crippen LogP contribution in [-0.2, 0) is 0 Å². The van der Waals surface area contributed by atoms with E-state index in [0.717, 1.165) is 51.3 Å². The summed E-state index contributed by atoms with van der Waals surface area (Å²) in [4.78, 5) is 20.1. The van der Waals surface area contributed by atoms with Gasteiger partial charge in [-0.1, -0.05) is 0 Å². The molecule has 1 saturated heterocycles. The van der Waals surface area contributed by atoms with Crippen LogP contribution in [-0.4, -0.2) is 97.9 Å². The number of likely N-dealkylation sites (N-methyl/N-ethyl adjacent to an activating group) is 1. The van der Waals surface area contributed by atoms with Crippen molar-refractivity contribution in [3.8, 4) is 17.5 Å². The first-order valence-electron chi connectivity index (χ1n) is 11.8. The molecular weight excluding hydrogens is 420 g/mol. The molecule has 0 N–H and O–H groups in total. The maximum Gasteiger partial charge on any atom is 0.257 e. The van der Waals surface area contributed by atoms with Gasteiger partial charge >= 0.3 is 0 Å². The molecule has 0 saturated carbocycles. The number of unbranched alkanes of at least 4 members (excludes halogenated alkanes) is 2. The third-order valence-corrected chi connectivity index (χ3v) is 5.55. The second-order valence-corrected chi connectivity index (χ2v) is 8.71. The van der Waals surface area contributed by atoms with Gasteiger partial charge < -0.3 is 28.9 Å². The molecule has 1 aliphatic rings. The molecule has 9 nitrogen and oxygen atoms in total. The van der Waals surface area contributed by atoms with Crippen molar-refractivity contribution in [2.24, 2.45) is 0 Å². The zero-order valence-electron chi connectivity index (χ0n) is 20.4. The predicted octanol–water partition coefficient (Wildman–Crippen LogP) is 2.58. The summed E-state index contributed by atoms with van der Waals surface area (Å²) in [7, 11) is 6.33. The van der Waals surface area contributed by atoms with Crippen molar-refractivity contribution in [1.29, 1.82) is 0 Å². The molecule has 2 aromatic rings. The van der Waals surface area contributed by atoms with E-state index in [4.69, 9.17) is 14.2 Å². The second kappa shape index (κ2) is 13.2. The average Bonchev–Trinajstić information content (AvgIpc) is 2.80. The fourth-order valence-corrected chi connectivity index (χ4v) is 3.83. The maximum atomic E-state index is 5.95. The Balaban J connectivity index is 1.45. The Kier molecular flexibility index (Phi) is 9.96. The van der Waals surface area contributed by atoms with Gasteiger partial charge in [-0.05, 0) is 66.0 Å². The Morgan fingerprint density at radius 2 is 1.67 bits per heavy atom. The Morgan fingerprint density at radius 1 is 0.909 bits per heavy atom. The molecule has 0 amide bonds.